The molecule has 2 aliphatic rings. The number of carbonyl (C=O) groups excluding carboxylic acids is 3. The topological polar surface area (TPSA) is 123 Å². The van der Waals surface area contributed by atoms with E-state index in [1.54, 1.807) is 17.0 Å². The number of Topliss-reactive ketones (excluding diaryl/α,β-unsaturated/α-hetero) is 1. The molecule has 38 heavy (non-hydrogen) atoms. The molecule has 12 heteroatoms. The lowest BCUT2D eigenvalue weighted by molar-refractivity contribution is -0.122. The van der Waals surface area contributed by atoms with Gasteiger partial charge in [-0.1, -0.05) is 6.08 Å². The average molecular weight is 522 g/mol. The van der Waals surface area contributed by atoms with Crippen molar-refractivity contribution in [1.82, 2.24) is 19.9 Å². The quantitative estimate of drug-likeness (QED) is 0.383. The van der Waals surface area contributed by atoms with Gasteiger partial charge in [-0.25, -0.2) is 23.5 Å². The van der Waals surface area contributed by atoms with E-state index in [9.17, 15) is 23.2 Å². The first-order valence-electron chi connectivity index (χ1n) is 12.0. The normalized spacial score (nSPS) is 15.3. The number of imidazole rings is 1. The standard InChI is InChI=1S/C26H25F2N7O3/c1-3-10-34(26(38)31-17-7-8-18(27)19(28)11-17)20-9-6-16(12-29-20)23-32-21-24(33-23)30-13-35(25(21)37)22(14(2)36)15-4-5-15/h3,6-9,11-12,15,22,30H,1,4-5,10,13H2,2H3,(H,31,38)(H,32,33). The van der Waals surface area contributed by atoms with Gasteiger partial charge in [0.15, 0.2) is 23.2 Å². The van der Waals surface area contributed by atoms with Crippen molar-refractivity contribution >= 4 is 35.0 Å². The molecule has 3 aromatic rings. The van der Waals surface area contributed by atoms with Crippen molar-refractivity contribution < 1.29 is 23.2 Å². The molecule has 1 unspecified atom stereocenters. The molecule has 1 fully saturated rings. The first kappa shape index (κ1) is 25.1. The van der Waals surface area contributed by atoms with Crippen LogP contribution in [-0.2, 0) is 4.79 Å². The van der Waals surface area contributed by atoms with E-state index in [0.29, 0.717) is 17.2 Å². The smallest absolute Gasteiger partial charge is 0.327 e. The van der Waals surface area contributed by atoms with Gasteiger partial charge < -0.3 is 20.5 Å². The van der Waals surface area contributed by atoms with Crippen molar-refractivity contribution in [2.75, 3.05) is 28.7 Å². The first-order chi connectivity index (χ1) is 18.3. The van der Waals surface area contributed by atoms with Gasteiger partial charge in [0.2, 0.25) is 0 Å². The number of nitrogens with zero attached hydrogens (tertiary/aromatic N) is 4. The second-order valence-electron chi connectivity index (χ2n) is 9.18. The maximum Gasteiger partial charge on any atom is 0.327 e. The second-order valence-corrected chi connectivity index (χ2v) is 9.18. The Labute approximate surface area is 216 Å². The number of carbonyl (C=O) groups is 3. The predicted octanol–water partition coefficient (Wildman–Crippen LogP) is 4.17. The molecule has 0 bridgehead atoms. The third-order valence-corrected chi connectivity index (χ3v) is 6.44. The number of urea groups is 1. The minimum atomic E-state index is -1.08. The molecule has 1 aliphatic carbocycles. The number of halogens is 2. The number of hydrogen-bond acceptors (Lipinski definition) is 6. The molecule has 2 aromatic heterocycles. The molecule has 196 valence electrons. The Balaban J connectivity index is 1.34. The monoisotopic (exact) mass is 521 g/mol. The van der Waals surface area contributed by atoms with Gasteiger partial charge in [-0.3, -0.25) is 14.5 Å². The fraction of sp³-hybridized carbons (Fsp3) is 0.269. The highest BCUT2D eigenvalue weighted by atomic mass is 19.2. The van der Waals surface area contributed by atoms with Crippen LogP contribution in [0.25, 0.3) is 11.4 Å². The molecule has 0 spiro atoms. The maximum absolute atomic E-state index is 13.5. The van der Waals surface area contributed by atoms with Crippen molar-refractivity contribution in [3.8, 4) is 11.4 Å². The number of fused-ring (bicyclic) bond motifs is 1. The Morgan fingerprint density at radius 2 is 2.05 bits per heavy atom. The molecule has 3 N–H and O–H groups in total. The lowest BCUT2D eigenvalue weighted by Gasteiger charge is -2.33. The molecular formula is C26H25F2N7O3. The highest BCUT2D eigenvalue weighted by Gasteiger charge is 2.43. The summed E-state index contributed by atoms with van der Waals surface area (Å²) in [7, 11) is 0. The maximum atomic E-state index is 13.5. The van der Waals surface area contributed by atoms with Crippen molar-refractivity contribution in [2.45, 2.75) is 25.8 Å². The zero-order valence-electron chi connectivity index (χ0n) is 20.5. The van der Waals surface area contributed by atoms with E-state index in [0.717, 1.165) is 25.0 Å². The van der Waals surface area contributed by atoms with Gasteiger partial charge in [-0.15, -0.1) is 6.58 Å². The Morgan fingerprint density at radius 3 is 2.68 bits per heavy atom. The molecule has 1 saturated carbocycles. The molecule has 3 heterocycles. The Kier molecular flexibility index (Phi) is 6.62. The lowest BCUT2D eigenvalue weighted by Crippen LogP contribution is -2.50. The van der Waals surface area contributed by atoms with Crippen molar-refractivity contribution in [3.63, 3.8) is 0 Å². The number of hydrogen-bond donors (Lipinski definition) is 3. The van der Waals surface area contributed by atoms with Crippen LogP contribution in [0.5, 0.6) is 0 Å². The van der Waals surface area contributed by atoms with Gasteiger partial charge in [0.25, 0.3) is 5.91 Å². The Morgan fingerprint density at radius 1 is 1.26 bits per heavy atom. The molecule has 1 atom stereocenters. The van der Waals surface area contributed by atoms with E-state index in [2.05, 4.69) is 32.2 Å². The largest absolute Gasteiger partial charge is 0.351 e. The summed E-state index contributed by atoms with van der Waals surface area (Å²) in [5.74, 6) is -1.18. The molecule has 5 rings (SSSR count). The molecule has 0 saturated heterocycles. The molecule has 1 aliphatic heterocycles. The van der Waals surface area contributed by atoms with Crippen LogP contribution in [0.3, 0.4) is 0 Å². The lowest BCUT2D eigenvalue weighted by atomic mass is 10.1. The Hall–Kier alpha value is -4.61. The summed E-state index contributed by atoms with van der Waals surface area (Å²) in [5.41, 5.74) is 0.913. The van der Waals surface area contributed by atoms with Crippen LogP contribution in [0.15, 0.2) is 49.2 Å². The van der Waals surface area contributed by atoms with Gasteiger partial charge >= 0.3 is 6.03 Å². The first-order valence-corrected chi connectivity index (χ1v) is 12.0. The number of rotatable bonds is 8. The van der Waals surface area contributed by atoms with Gasteiger partial charge in [-0.2, -0.15) is 0 Å². The molecular weight excluding hydrogens is 496 g/mol. The van der Waals surface area contributed by atoms with Gasteiger partial charge in [0.1, 0.15) is 17.3 Å². The number of ketones is 1. The fourth-order valence-electron chi connectivity index (χ4n) is 4.47. The summed E-state index contributed by atoms with van der Waals surface area (Å²) in [6.07, 6.45) is 4.84. The molecule has 1 aromatic carbocycles. The number of benzene rings is 1. The predicted molar refractivity (Wildman–Crippen MR) is 137 cm³/mol. The number of amides is 3. The number of nitrogens with one attached hydrogen (secondary N) is 3. The number of aromatic nitrogens is 3. The minimum absolute atomic E-state index is 0.0386. The second kappa shape index (κ2) is 10.0. The molecule has 3 amide bonds. The van der Waals surface area contributed by atoms with E-state index in [1.165, 1.54) is 30.2 Å². The summed E-state index contributed by atoms with van der Waals surface area (Å²) in [4.78, 5) is 52.9. The van der Waals surface area contributed by atoms with Crippen LogP contribution < -0.4 is 15.5 Å². The van der Waals surface area contributed by atoms with Crippen LogP contribution in [0, 0.1) is 17.6 Å². The van der Waals surface area contributed by atoms with Crippen LogP contribution in [0.1, 0.15) is 30.3 Å². The summed E-state index contributed by atoms with van der Waals surface area (Å²) >= 11 is 0. The van der Waals surface area contributed by atoms with Gasteiger partial charge in [0.05, 0.1) is 12.7 Å². The van der Waals surface area contributed by atoms with Gasteiger partial charge in [0, 0.05) is 30.1 Å². The zero-order chi connectivity index (χ0) is 27.0. The number of aromatic amines is 1. The van der Waals surface area contributed by atoms with E-state index < -0.39 is 23.7 Å². The van der Waals surface area contributed by atoms with Crippen LogP contribution in [-0.4, -0.2) is 56.8 Å². The molecule has 0 radical (unpaired) electrons. The minimum Gasteiger partial charge on any atom is -0.351 e. The summed E-state index contributed by atoms with van der Waals surface area (Å²) < 4.78 is 26.7. The fourth-order valence-corrected chi connectivity index (χ4v) is 4.47. The Bertz CT molecular complexity index is 1420. The van der Waals surface area contributed by atoms with Crippen LogP contribution in [0.4, 0.5) is 30.9 Å². The number of anilines is 3. The third-order valence-electron chi connectivity index (χ3n) is 6.44. The van der Waals surface area contributed by atoms with E-state index in [4.69, 9.17) is 0 Å². The number of H-pyrrole nitrogens is 1. The van der Waals surface area contributed by atoms with E-state index in [1.807, 2.05) is 0 Å². The van der Waals surface area contributed by atoms with Crippen LogP contribution >= 0.6 is 0 Å². The van der Waals surface area contributed by atoms with E-state index in [-0.39, 0.29) is 48.0 Å². The zero-order valence-corrected chi connectivity index (χ0v) is 20.5. The molecule has 10 nitrogen and oxygen atoms in total. The van der Waals surface area contributed by atoms with Crippen molar-refractivity contribution in [3.05, 3.63) is 66.5 Å². The summed E-state index contributed by atoms with van der Waals surface area (Å²) in [6, 6.07) is 5.25. The van der Waals surface area contributed by atoms with E-state index >= 15 is 0 Å². The highest BCUT2D eigenvalue weighted by molar-refractivity contribution is 6.02. The SMILES string of the molecule is C=CCN(C(=O)Nc1ccc(F)c(F)c1)c1ccc(-c2nc3c([nH]2)C(=O)N(C(C(C)=O)C2CC2)CN3)cn1. The summed E-state index contributed by atoms with van der Waals surface area (Å²) in [5, 5.41) is 5.62. The van der Waals surface area contributed by atoms with Crippen molar-refractivity contribution in [2.24, 2.45) is 5.92 Å². The van der Waals surface area contributed by atoms with Gasteiger partial charge in [-0.05, 0) is 49.9 Å². The van der Waals surface area contributed by atoms with Crippen molar-refractivity contribution in [1.29, 1.82) is 0 Å². The third kappa shape index (κ3) is 4.84. The number of pyridine rings is 1. The highest BCUT2D eigenvalue weighted by Crippen LogP contribution is 2.37. The summed E-state index contributed by atoms with van der Waals surface area (Å²) in [6.45, 7) is 5.45. The van der Waals surface area contributed by atoms with Crippen LogP contribution in [0.2, 0.25) is 0 Å². The average Bonchev–Trinajstić information content (AvgIpc) is 3.63.